The van der Waals surface area contributed by atoms with Crippen LogP contribution in [0.4, 0.5) is 34.1 Å². The van der Waals surface area contributed by atoms with E-state index in [0.29, 0.717) is 0 Å². The number of nitrogens with zero attached hydrogens (tertiary/aromatic N) is 2. The van der Waals surface area contributed by atoms with Gasteiger partial charge in [-0.25, -0.2) is 0 Å². The first-order valence-corrected chi connectivity index (χ1v) is 37.0. The van der Waals surface area contributed by atoms with Gasteiger partial charge in [0.2, 0.25) is 0 Å². The van der Waals surface area contributed by atoms with Crippen LogP contribution in [0, 0.1) is 13.8 Å². The van der Waals surface area contributed by atoms with Crippen molar-refractivity contribution in [2.45, 2.75) is 127 Å². The summed E-state index contributed by atoms with van der Waals surface area (Å²) in [7, 11) is -1.78. The fourth-order valence-corrected chi connectivity index (χ4v) is 17.2. The Labute approximate surface area is 542 Å². The molecule has 0 amide bonds. The number of hydrogen-bond acceptors (Lipinski definition) is 5. The van der Waals surface area contributed by atoms with Crippen LogP contribution in [0.15, 0.2) is 245 Å². The van der Waals surface area contributed by atoms with Crippen molar-refractivity contribution in [1.82, 2.24) is 0 Å². The van der Waals surface area contributed by atoms with Crippen LogP contribution in [-0.2, 0) is 21.7 Å². The van der Waals surface area contributed by atoms with Crippen molar-refractivity contribution in [2.75, 3.05) is 9.80 Å². The third kappa shape index (κ3) is 10.2. The number of thiophene rings is 1. The number of anilines is 6. The van der Waals surface area contributed by atoms with Crippen molar-refractivity contribution >= 4 is 113 Å². The van der Waals surface area contributed by atoms with Crippen molar-refractivity contribution in [3.8, 4) is 11.1 Å². The molecule has 0 radical (unpaired) electrons. The van der Waals surface area contributed by atoms with Gasteiger partial charge in [0.1, 0.15) is 11.2 Å². The molecular weight excluding hydrogens is 1150 g/mol. The standard InChI is InChI=1S/C84H80N2OS2Si/c1-53-21-19-23-62(49-53)85(60-39-29-55(30-40-60)81(3,4)5)71-51-69-77(79-75(71)67-25-15-17-27-73(67)87-79)78-70(84(69,59-37-47-66(48-38-59)90(12,13)14)58-35-45-65(46-36-58)88-64-43-33-57(34-44-64)83(9,10)11)52-72(76-68-26-16-18-28-74(68)89-80(76)78)86(63-24-20-22-54(2)50-63)61-41-31-56(32-42-61)82(6,7)8/h15-52H,1-14H3. The van der Waals surface area contributed by atoms with Gasteiger partial charge in [-0.3, -0.25) is 0 Å². The highest BCUT2D eigenvalue weighted by Gasteiger charge is 2.50. The second-order valence-electron chi connectivity index (χ2n) is 29.2. The van der Waals surface area contributed by atoms with E-state index in [9.17, 15) is 0 Å². The van der Waals surface area contributed by atoms with Gasteiger partial charge in [-0.1, -0.05) is 232 Å². The van der Waals surface area contributed by atoms with Gasteiger partial charge in [-0.2, -0.15) is 0 Å². The summed E-state index contributed by atoms with van der Waals surface area (Å²) in [6, 6.07) is 88.5. The Morgan fingerprint density at radius 3 is 1.37 bits per heavy atom. The molecule has 448 valence electrons. The summed E-state index contributed by atoms with van der Waals surface area (Å²) < 4.78 is 10.2. The topological polar surface area (TPSA) is 19.6 Å². The Morgan fingerprint density at radius 1 is 0.422 bits per heavy atom. The summed E-state index contributed by atoms with van der Waals surface area (Å²) in [5.41, 5.74) is 20.9. The summed E-state index contributed by atoms with van der Waals surface area (Å²) in [4.78, 5) is 7.47. The maximum absolute atomic E-state index is 7.71. The molecule has 13 aromatic rings. The number of hydrogen-bond donors (Lipinski definition) is 0. The first-order chi connectivity index (χ1) is 42.9. The van der Waals surface area contributed by atoms with E-state index >= 15 is 0 Å². The zero-order valence-electron chi connectivity index (χ0n) is 54.6. The normalized spacial score (nSPS) is 14.4. The number of furan rings is 1. The first kappa shape index (κ1) is 59.2. The number of benzene rings is 11. The number of fused-ring (bicyclic) bond motifs is 11. The Hall–Kier alpha value is -8.39. The fourth-order valence-electron chi connectivity index (χ4n) is 13.9. The van der Waals surface area contributed by atoms with Gasteiger partial charge in [0.15, 0.2) is 0 Å². The number of para-hydroxylation sites is 1. The lowest BCUT2D eigenvalue weighted by atomic mass is 9.67. The molecule has 0 fully saturated rings. The van der Waals surface area contributed by atoms with E-state index in [1.54, 1.807) is 0 Å². The fraction of sp³-hybridized carbons (Fsp3) is 0.214. The van der Waals surface area contributed by atoms with Gasteiger partial charge in [0.05, 0.1) is 30.2 Å². The zero-order chi connectivity index (χ0) is 62.8. The molecule has 0 aliphatic heterocycles. The van der Waals surface area contributed by atoms with Crippen LogP contribution in [-0.4, -0.2) is 8.07 Å². The van der Waals surface area contributed by atoms with Crippen LogP contribution in [0.1, 0.15) is 112 Å². The van der Waals surface area contributed by atoms with E-state index in [4.69, 9.17) is 4.42 Å². The Morgan fingerprint density at radius 2 is 0.867 bits per heavy atom. The molecule has 1 unspecified atom stereocenters. The van der Waals surface area contributed by atoms with Gasteiger partial charge in [0, 0.05) is 69.2 Å². The summed E-state index contributed by atoms with van der Waals surface area (Å²) in [5, 5.41) is 6.05. The molecule has 0 saturated heterocycles. The van der Waals surface area contributed by atoms with Crippen LogP contribution in [0.5, 0.6) is 0 Å². The van der Waals surface area contributed by atoms with Crippen LogP contribution < -0.4 is 15.0 Å². The summed E-state index contributed by atoms with van der Waals surface area (Å²) in [6.45, 7) is 32.5. The molecule has 0 N–H and O–H groups in total. The average Bonchev–Trinajstić information content (AvgIpc) is 1.50. The van der Waals surface area contributed by atoms with Crippen molar-refractivity contribution in [2.24, 2.45) is 0 Å². The van der Waals surface area contributed by atoms with Crippen molar-refractivity contribution < 1.29 is 4.42 Å². The number of rotatable bonds is 11. The van der Waals surface area contributed by atoms with Gasteiger partial charge in [0.25, 0.3) is 0 Å². The SMILES string of the molecule is Cc1cccc(N(c2ccc(C(C)(C)C)cc2)c2cc3c(c4oc5ccccc5c24)-c2c(cc(N(c4ccc(C(C)(C)C)cc4)c4cccc(C)c4)c4c2sc2ccccc24)C3(c2ccc(Sc3ccc(C(C)(C)C)cc3)cc2)c2ccc([Si](C)(C)C)cc2)c1. The lowest BCUT2D eigenvalue weighted by Crippen LogP contribution is -2.38. The lowest BCUT2D eigenvalue weighted by Gasteiger charge is -2.36. The molecule has 1 aliphatic rings. The van der Waals surface area contributed by atoms with Crippen molar-refractivity contribution in [1.29, 1.82) is 0 Å². The van der Waals surface area contributed by atoms with Crippen molar-refractivity contribution in [3.05, 3.63) is 281 Å². The molecule has 14 rings (SSSR count). The quantitative estimate of drug-likeness (QED) is 0.120. The second kappa shape index (κ2) is 21.9. The molecular formula is C84H80N2OS2Si. The van der Waals surface area contributed by atoms with E-state index < -0.39 is 13.5 Å². The van der Waals surface area contributed by atoms with E-state index in [0.717, 1.165) is 61.6 Å². The smallest absolute Gasteiger partial charge is 0.145 e. The van der Waals surface area contributed by atoms with E-state index in [1.165, 1.54) is 90.8 Å². The third-order valence-corrected chi connectivity index (χ3v) is 23.0. The average molecular weight is 1230 g/mol. The molecule has 1 atom stereocenters. The Kier molecular flexibility index (Phi) is 14.4. The maximum atomic E-state index is 7.71. The highest BCUT2D eigenvalue weighted by atomic mass is 32.2. The monoisotopic (exact) mass is 1220 g/mol. The van der Waals surface area contributed by atoms with Gasteiger partial charge in [-0.05, 0) is 177 Å². The molecule has 1 aliphatic carbocycles. The molecule has 6 heteroatoms. The molecule has 0 bridgehead atoms. The minimum atomic E-state index is -1.78. The maximum Gasteiger partial charge on any atom is 0.145 e. The van der Waals surface area contributed by atoms with Gasteiger partial charge in [-0.15, -0.1) is 11.3 Å². The molecule has 90 heavy (non-hydrogen) atoms. The van der Waals surface area contributed by atoms with E-state index in [1.807, 2.05) is 23.1 Å². The summed E-state index contributed by atoms with van der Waals surface area (Å²) in [5.74, 6) is 0. The Balaban J connectivity index is 1.16. The molecule has 3 nitrogen and oxygen atoms in total. The van der Waals surface area contributed by atoms with Crippen LogP contribution in [0.3, 0.4) is 0 Å². The zero-order valence-corrected chi connectivity index (χ0v) is 57.2. The minimum absolute atomic E-state index is 0.0237. The predicted octanol–water partition coefficient (Wildman–Crippen LogP) is 24.5. The molecule has 0 spiro atoms. The van der Waals surface area contributed by atoms with Crippen LogP contribution in [0.2, 0.25) is 19.6 Å². The highest BCUT2D eigenvalue weighted by molar-refractivity contribution is 7.99. The van der Waals surface area contributed by atoms with E-state index in [2.05, 4.69) is 336 Å². The van der Waals surface area contributed by atoms with Crippen molar-refractivity contribution in [3.63, 3.8) is 0 Å². The highest BCUT2D eigenvalue weighted by Crippen LogP contribution is 2.65. The molecule has 2 aromatic heterocycles. The number of aryl methyl sites for hydroxylation is 2. The van der Waals surface area contributed by atoms with Gasteiger partial charge >= 0.3 is 0 Å². The Bertz CT molecular complexity index is 4660. The van der Waals surface area contributed by atoms with Gasteiger partial charge < -0.3 is 14.2 Å². The first-order valence-electron chi connectivity index (χ1n) is 31.9. The van der Waals surface area contributed by atoms with Crippen LogP contribution >= 0.6 is 23.1 Å². The molecule has 2 heterocycles. The minimum Gasteiger partial charge on any atom is -0.455 e. The molecule has 0 saturated carbocycles. The summed E-state index contributed by atoms with van der Waals surface area (Å²) in [6.07, 6.45) is 0. The third-order valence-electron chi connectivity index (χ3n) is 18.7. The van der Waals surface area contributed by atoms with Crippen LogP contribution in [0.25, 0.3) is 53.2 Å². The molecule has 11 aromatic carbocycles. The predicted molar refractivity (Wildman–Crippen MR) is 392 cm³/mol. The summed E-state index contributed by atoms with van der Waals surface area (Å²) >= 11 is 3.74. The lowest BCUT2D eigenvalue weighted by molar-refractivity contribution is 0.589. The second-order valence-corrected chi connectivity index (χ2v) is 36.4. The van der Waals surface area contributed by atoms with E-state index in [-0.39, 0.29) is 16.2 Å². The largest absolute Gasteiger partial charge is 0.455 e.